The molecule has 16 heavy (non-hydrogen) atoms. The van der Waals surface area contributed by atoms with E-state index in [4.69, 9.17) is 5.73 Å². The number of aryl methyl sites for hydroxylation is 1. The lowest BCUT2D eigenvalue weighted by Crippen LogP contribution is -2.09. The zero-order chi connectivity index (χ0) is 12.1. The monoisotopic (exact) mass is 219 g/mol. The van der Waals surface area contributed by atoms with Crippen molar-refractivity contribution >= 4 is 0 Å². The van der Waals surface area contributed by atoms with Crippen molar-refractivity contribution in [1.82, 2.24) is 0 Å². The van der Waals surface area contributed by atoms with E-state index in [2.05, 4.69) is 45.9 Å². The standard InChI is InChI=1S/C15H25N/c1-5-13(8-9-16)14-7-6-12(4)10-15(14)11(2)3/h6-7,10-11,13H,5,8-9,16H2,1-4H3. The van der Waals surface area contributed by atoms with E-state index >= 15 is 0 Å². The molecular formula is C15H25N. The van der Waals surface area contributed by atoms with Crippen LogP contribution in [0.15, 0.2) is 18.2 Å². The second-order valence-corrected chi connectivity index (χ2v) is 4.97. The summed E-state index contributed by atoms with van der Waals surface area (Å²) in [5, 5.41) is 0. The second kappa shape index (κ2) is 6.05. The molecule has 1 rings (SSSR count). The fourth-order valence-corrected chi connectivity index (χ4v) is 2.35. The summed E-state index contributed by atoms with van der Waals surface area (Å²) in [6.07, 6.45) is 2.28. The Morgan fingerprint density at radius 1 is 1.19 bits per heavy atom. The quantitative estimate of drug-likeness (QED) is 0.797. The summed E-state index contributed by atoms with van der Waals surface area (Å²) in [5.74, 6) is 1.23. The molecule has 0 saturated heterocycles. The summed E-state index contributed by atoms with van der Waals surface area (Å²) < 4.78 is 0. The van der Waals surface area contributed by atoms with Gasteiger partial charge in [-0.1, -0.05) is 44.5 Å². The van der Waals surface area contributed by atoms with E-state index in [1.54, 1.807) is 0 Å². The van der Waals surface area contributed by atoms with Gasteiger partial charge in [0.15, 0.2) is 0 Å². The molecule has 0 radical (unpaired) electrons. The molecule has 2 N–H and O–H groups in total. The molecule has 1 unspecified atom stereocenters. The Labute approximate surface area is 100 Å². The summed E-state index contributed by atoms with van der Waals surface area (Å²) in [6, 6.07) is 6.86. The van der Waals surface area contributed by atoms with Gasteiger partial charge in [-0.15, -0.1) is 0 Å². The molecule has 1 nitrogen and oxygen atoms in total. The van der Waals surface area contributed by atoms with E-state index in [1.165, 1.54) is 23.1 Å². The van der Waals surface area contributed by atoms with E-state index < -0.39 is 0 Å². The molecule has 0 heterocycles. The van der Waals surface area contributed by atoms with Gasteiger partial charge in [-0.25, -0.2) is 0 Å². The maximum Gasteiger partial charge on any atom is -0.00714 e. The van der Waals surface area contributed by atoms with Crippen molar-refractivity contribution in [2.24, 2.45) is 5.73 Å². The predicted octanol–water partition coefficient (Wildman–Crippen LogP) is 3.96. The van der Waals surface area contributed by atoms with Crippen molar-refractivity contribution in [1.29, 1.82) is 0 Å². The summed E-state index contributed by atoms with van der Waals surface area (Å²) in [7, 11) is 0. The highest BCUT2D eigenvalue weighted by Crippen LogP contribution is 2.31. The molecule has 1 atom stereocenters. The molecule has 0 spiro atoms. The first kappa shape index (κ1) is 13.2. The highest BCUT2D eigenvalue weighted by atomic mass is 14.5. The number of benzene rings is 1. The Kier molecular flexibility index (Phi) is 5.01. The SMILES string of the molecule is CCC(CCN)c1ccc(C)cc1C(C)C. The summed E-state index contributed by atoms with van der Waals surface area (Å²) >= 11 is 0. The number of rotatable bonds is 5. The molecule has 0 aliphatic rings. The third-order valence-electron chi connectivity index (χ3n) is 3.31. The van der Waals surface area contributed by atoms with Gasteiger partial charge in [0.05, 0.1) is 0 Å². The van der Waals surface area contributed by atoms with Gasteiger partial charge in [0, 0.05) is 0 Å². The van der Waals surface area contributed by atoms with Crippen LogP contribution in [0.25, 0.3) is 0 Å². The number of nitrogens with two attached hydrogens (primary N) is 1. The molecule has 1 aromatic carbocycles. The molecule has 0 aliphatic heterocycles. The lowest BCUT2D eigenvalue weighted by atomic mass is 9.85. The fraction of sp³-hybridized carbons (Fsp3) is 0.600. The van der Waals surface area contributed by atoms with Crippen LogP contribution in [0.4, 0.5) is 0 Å². The van der Waals surface area contributed by atoms with Crippen LogP contribution in [-0.4, -0.2) is 6.54 Å². The highest BCUT2D eigenvalue weighted by molar-refractivity contribution is 5.36. The number of hydrogen-bond donors (Lipinski definition) is 1. The summed E-state index contributed by atoms with van der Waals surface area (Å²) in [5.41, 5.74) is 10.1. The van der Waals surface area contributed by atoms with Crippen LogP contribution in [0.2, 0.25) is 0 Å². The van der Waals surface area contributed by atoms with Crippen molar-refractivity contribution in [3.05, 3.63) is 34.9 Å². The summed E-state index contributed by atoms with van der Waals surface area (Å²) in [4.78, 5) is 0. The highest BCUT2D eigenvalue weighted by Gasteiger charge is 2.14. The first-order valence-corrected chi connectivity index (χ1v) is 6.40. The largest absolute Gasteiger partial charge is 0.330 e. The van der Waals surface area contributed by atoms with Gasteiger partial charge < -0.3 is 5.73 Å². The molecule has 0 amide bonds. The Balaban J connectivity index is 3.09. The number of hydrogen-bond acceptors (Lipinski definition) is 1. The van der Waals surface area contributed by atoms with Gasteiger partial charge in [0.25, 0.3) is 0 Å². The smallest absolute Gasteiger partial charge is 0.00714 e. The van der Waals surface area contributed by atoms with Crippen LogP contribution in [0.3, 0.4) is 0 Å². The van der Waals surface area contributed by atoms with Crippen LogP contribution in [0.1, 0.15) is 62.1 Å². The van der Waals surface area contributed by atoms with Gasteiger partial charge in [-0.3, -0.25) is 0 Å². The first-order chi connectivity index (χ1) is 7.60. The van der Waals surface area contributed by atoms with Crippen LogP contribution in [0, 0.1) is 6.92 Å². The van der Waals surface area contributed by atoms with Crippen LogP contribution < -0.4 is 5.73 Å². The minimum atomic E-state index is 0.599. The van der Waals surface area contributed by atoms with Crippen molar-refractivity contribution in [2.75, 3.05) is 6.54 Å². The van der Waals surface area contributed by atoms with Crippen molar-refractivity contribution in [3.8, 4) is 0 Å². The fourth-order valence-electron chi connectivity index (χ4n) is 2.35. The third-order valence-corrected chi connectivity index (χ3v) is 3.31. The topological polar surface area (TPSA) is 26.0 Å². The summed E-state index contributed by atoms with van der Waals surface area (Å²) in [6.45, 7) is 9.74. The van der Waals surface area contributed by atoms with Crippen LogP contribution >= 0.6 is 0 Å². The Hall–Kier alpha value is -0.820. The van der Waals surface area contributed by atoms with Crippen LogP contribution in [0.5, 0.6) is 0 Å². The van der Waals surface area contributed by atoms with Gasteiger partial charge in [0.2, 0.25) is 0 Å². The normalized spacial score (nSPS) is 13.1. The van der Waals surface area contributed by atoms with Crippen molar-refractivity contribution in [2.45, 2.75) is 52.4 Å². The molecule has 90 valence electrons. The minimum Gasteiger partial charge on any atom is -0.330 e. The van der Waals surface area contributed by atoms with Crippen molar-refractivity contribution in [3.63, 3.8) is 0 Å². The molecule has 0 aliphatic carbocycles. The van der Waals surface area contributed by atoms with E-state index in [1.807, 2.05) is 0 Å². The molecule has 1 aromatic rings. The van der Waals surface area contributed by atoms with Crippen molar-refractivity contribution < 1.29 is 0 Å². The van der Waals surface area contributed by atoms with Crippen LogP contribution in [-0.2, 0) is 0 Å². The average Bonchev–Trinajstić information content (AvgIpc) is 2.26. The zero-order valence-corrected chi connectivity index (χ0v) is 11.1. The average molecular weight is 219 g/mol. The molecule has 1 heteroatoms. The molecular weight excluding hydrogens is 194 g/mol. The first-order valence-electron chi connectivity index (χ1n) is 6.40. The lowest BCUT2D eigenvalue weighted by Gasteiger charge is -2.21. The molecule has 0 bridgehead atoms. The third kappa shape index (κ3) is 3.08. The van der Waals surface area contributed by atoms with E-state index in [9.17, 15) is 0 Å². The lowest BCUT2D eigenvalue weighted by molar-refractivity contribution is 0.603. The van der Waals surface area contributed by atoms with Gasteiger partial charge in [-0.05, 0) is 49.3 Å². The minimum absolute atomic E-state index is 0.599. The van der Waals surface area contributed by atoms with E-state index in [0.29, 0.717) is 11.8 Å². The maximum absolute atomic E-state index is 5.70. The molecule has 0 fully saturated rings. The van der Waals surface area contributed by atoms with Gasteiger partial charge >= 0.3 is 0 Å². The Morgan fingerprint density at radius 2 is 1.88 bits per heavy atom. The van der Waals surface area contributed by atoms with Gasteiger partial charge in [0.1, 0.15) is 0 Å². The molecule has 0 aromatic heterocycles. The van der Waals surface area contributed by atoms with E-state index in [-0.39, 0.29) is 0 Å². The maximum atomic E-state index is 5.70. The van der Waals surface area contributed by atoms with E-state index in [0.717, 1.165) is 13.0 Å². The Morgan fingerprint density at radius 3 is 2.38 bits per heavy atom. The second-order valence-electron chi connectivity index (χ2n) is 4.97. The molecule has 0 saturated carbocycles. The Bertz CT molecular complexity index is 328. The van der Waals surface area contributed by atoms with Gasteiger partial charge in [-0.2, -0.15) is 0 Å². The zero-order valence-electron chi connectivity index (χ0n) is 11.1. The predicted molar refractivity (Wildman–Crippen MR) is 72.0 cm³/mol.